The van der Waals surface area contributed by atoms with Gasteiger partial charge in [-0.05, 0) is 13.0 Å². The SMILES string of the molecule is CCO[C@@H]1C=C[C@@H](OC)[C@@H]2C(=O)c3c(OC)cccc3C(=O)[C@@H]21. The topological polar surface area (TPSA) is 61.8 Å². The largest absolute Gasteiger partial charge is 0.496 e. The smallest absolute Gasteiger partial charge is 0.174 e. The number of hydrogen-bond acceptors (Lipinski definition) is 5. The molecule has 2 aliphatic rings. The summed E-state index contributed by atoms with van der Waals surface area (Å²) in [5, 5.41) is 0. The Kier molecular flexibility index (Phi) is 4.33. The Bertz CT molecular complexity index is 663. The summed E-state index contributed by atoms with van der Waals surface area (Å²) < 4.78 is 16.4. The van der Waals surface area contributed by atoms with Gasteiger partial charge in [0.25, 0.3) is 0 Å². The van der Waals surface area contributed by atoms with Crippen LogP contribution in [0.4, 0.5) is 0 Å². The average Bonchev–Trinajstić information content (AvgIpc) is 2.58. The summed E-state index contributed by atoms with van der Waals surface area (Å²) in [7, 11) is 3.04. The zero-order valence-electron chi connectivity index (χ0n) is 13.4. The molecule has 4 atom stereocenters. The van der Waals surface area contributed by atoms with E-state index < -0.39 is 24.0 Å². The van der Waals surface area contributed by atoms with E-state index in [1.54, 1.807) is 25.3 Å². The summed E-state index contributed by atoms with van der Waals surface area (Å²) in [6, 6.07) is 5.10. The lowest BCUT2D eigenvalue weighted by atomic mass is 9.67. The molecule has 0 saturated carbocycles. The highest BCUT2D eigenvalue weighted by molar-refractivity contribution is 6.18. The van der Waals surface area contributed by atoms with Crippen LogP contribution >= 0.6 is 0 Å². The monoisotopic (exact) mass is 316 g/mol. The first-order valence-corrected chi connectivity index (χ1v) is 7.72. The van der Waals surface area contributed by atoms with E-state index >= 15 is 0 Å². The molecular formula is C18H20O5. The molecule has 0 bridgehead atoms. The second-order valence-electron chi connectivity index (χ2n) is 5.67. The van der Waals surface area contributed by atoms with Gasteiger partial charge in [-0.15, -0.1) is 0 Å². The normalized spacial score (nSPS) is 29.2. The minimum Gasteiger partial charge on any atom is -0.496 e. The van der Waals surface area contributed by atoms with Gasteiger partial charge in [-0.25, -0.2) is 0 Å². The molecule has 0 radical (unpaired) electrons. The van der Waals surface area contributed by atoms with E-state index in [-0.39, 0.29) is 11.6 Å². The number of ether oxygens (including phenoxy) is 3. The zero-order chi connectivity index (χ0) is 16.6. The second-order valence-corrected chi connectivity index (χ2v) is 5.67. The van der Waals surface area contributed by atoms with E-state index in [2.05, 4.69) is 0 Å². The minimum atomic E-state index is -0.585. The van der Waals surface area contributed by atoms with Gasteiger partial charge in [-0.2, -0.15) is 0 Å². The van der Waals surface area contributed by atoms with Crippen molar-refractivity contribution in [2.24, 2.45) is 11.8 Å². The van der Waals surface area contributed by atoms with Gasteiger partial charge >= 0.3 is 0 Å². The van der Waals surface area contributed by atoms with Crippen LogP contribution in [0.3, 0.4) is 0 Å². The van der Waals surface area contributed by atoms with Gasteiger partial charge in [0.2, 0.25) is 0 Å². The highest BCUT2D eigenvalue weighted by Gasteiger charge is 2.51. The standard InChI is InChI=1S/C18H20O5/c1-4-23-13-9-8-12(22-3)15-16(13)17(19)10-6-5-7-11(21-2)14(10)18(15)20/h5-9,12-13,15-16H,4H2,1-3H3/t12-,13-,15+,16-/m1/s1. The summed E-state index contributed by atoms with van der Waals surface area (Å²) in [6.07, 6.45) is 2.79. The van der Waals surface area contributed by atoms with Crippen LogP contribution in [0.5, 0.6) is 5.75 Å². The maximum atomic E-state index is 13.1. The Morgan fingerprint density at radius 3 is 2.35 bits per heavy atom. The van der Waals surface area contributed by atoms with Gasteiger partial charge in [-0.3, -0.25) is 9.59 Å². The van der Waals surface area contributed by atoms with Crippen molar-refractivity contribution in [3.05, 3.63) is 41.5 Å². The second kappa shape index (κ2) is 6.26. The van der Waals surface area contributed by atoms with Crippen molar-refractivity contribution >= 4 is 11.6 Å². The van der Waals surface area contributed by atoms with Crippen LogP contribution < -0.4 is 4.74 Å². The van der Waals surface area contributed by atoms with E-state index in [4.69, 9.17) is 14.2 Å². The van der Waals surface area contributed by atoms with Gasteiger partial charge in [0, 0.05) is 19.3 Å². The summed E-state index contributed by atoms with van der Waals surface area (Å²) in [6.45, 7) is 2.35. The lowest BCUT2D eigenvalue weighted by molar-refractivity contribution is -0.0112. The number of benzene rings is 1. The van der Waals surface area contributed by atoms with Crippen LogP contribution in [0.1, 0.15) is 27.6 Å². The molecule has 0 fully saturated rings. The van der Waals surface area contributed by atoms with E-state index in [0.717, 1.165) is 0 Å². The Hall–Kier alpha value is -1.98. The van der Waals surface area contributed by atoms with Crippen LogP contribution in [0, 0.1) is 11.8 Å². The number of rotatable bonds is 4. The lowest BCUT2D eigenvalue weighted by Crippen LogP contribution is -2.50. The number of fused-ring (bicyclic) bond motifs is 2. The molecule has 0 aliphatic heterocycles. The summed E-state index contributed by atoms with van der Waals surface area (Å²) >= 11 is 0. The average molecular weight is 316 g/mol. The van der Waals surface area contributed by atoms with Gasteiger partial charge in [-0.1, -0.05) is 24.3 Å². The zero-order valence-corrected chi connectivity index (χ0v) is 13.4. The van der Waals surface area contributed by atoms with Crippen molar-refractivity contribution in [2.75, 3.05) is 20.8 Å². The third-order valence-electron chi connectivity index (χ3n) is 4.58. The van der Waals surface area contributed by atoms with Crippen molar-refractivity contribution in [2.45, 2.75) is 19.1 Å². The predicted molar refractivity (Wildman–Crippen MR) is 84.0 cm³/mol. The number of carbonyl (C=O) groups is 2. The predicted octanol–water partition coefficient (Wildman–Crippen LogP) is 2.30. The van der Waals surface area contributed by atoms with Gasteiger partial charge in [0.05, 0.1) is 36.7 Å². The van der Waals surface area contributed by atoms with Gasteiger partial charge < -0.3 is 14.2 Å². The molecule has 0 unspecified atom stereocenters. The molecule has 0 saturated heterocycles. The van der Waals surface area contributed by atoms with E-state index in [9.17, 15) is 9.59 Å². The molecule has 5 heteroatoms. The maximum Gasteiger partial charge on any atom is 0.174 e. The fourth-order valence-electron chi connectivity index (χ4n) is 3.58. The molecule has 3 rings (SSSR count). The first-order valence-electron chi connectivity index (χ1n) is 7.72. The fraction of sp³-hybridized carbons (Fsp3) is 0.444. The van der Waals surface area contributed by atoms with E-state index in [0.29, 0.717) is 23.5 Å². The summed E-state index contributed by atoms with van der Waals surface area (Å²) in [4.78, 5) is 26.1. The molecule has 0 amide bonds. The first-order chi connectivity index (χ1) is 11.1. The van der Waals surface area contributed by atoms with Crippen molar-refractivity contribution in [3.63, 3.8) is 0 Å². The Balaban J connectivity index is 2.15. The summed E-state index contributed by atoms with van der Waals surface area (Å²) in [5.41, 5.74) is 0.763. The van der Waals surface area contributed by atoms with Crippen LogP contribution in [-0.4, -0.2) is 44.6 Å². The number of methoxy groups -OCH3 is 2. The molecule has 1 aromatic carbocycles. The van der Waals surface area contributed by atoms with Crippen LogP contribution in [0.2, 0.25) is 0 Å². The third kappa shape index (κ3) is 2.40. The molecule has 5 nitrogen and oxygen atoms in total. The Morgan fingerprint density at radius 2 is 1.70 bits per heavy atom. The quantitative estimate of drug-likeness (QED) is 0.798. The fourth-order valence-corrected chi connectivity index (χ4v) is 3.58. The van der Waals surface area contributed by atoms with E-state index in [1.807, 2.05) is 19.1 Å². The van der Waals surface area contributed by atoms with Gasteiger partial charge in [0.15, 0.2) is 11.6 Å². The molecular weight excluding hydrogens is 296 g/mol. The maximum absolute atomic E-state index is 13.1. The van der Waals surface area contributed by atoms with Crippen molar-refractivity contribution < 1.29 is 23.8 Å². The highest BCUT2D eigenvalue weighted by atomic mass is 16.5. The van der Waals surface area contributed by atoms with Crippen LogP contribution in [0.25, 0.3) is 0 Å². The molecule has 23 heavy (non-hydrogen) atoms. The summed E-state index contributed by atoms with van der Waals surface area (Å²) in [5.74, 6) is -0.928. The lowest BCUT2D eigenvalue weighted by Gasteiger charge is -2.40. The molecule has 0 aromatic heterocycles. The van der Waals surface area contributed by atoms with Gasteiger partial charge in [0.1, 0.15) is 5.75 Å². The third-order valence-corrected chi connectivity index (χ3v) is 4.58. The van der Waals surface area contributed by atoms with E-state index in [1.165, 1.54) is 7.11 Å². The van der Waals surface area contributed by atoms with Crippen molar-refractivity contribution in [1.29, 1.82) is 0 Å². The number of ketones is 2. The molecule has 0 heterocycles. The van der Waals surface area contributed by atoms with Crippen LogP contribution in [0.15, 0.2) is 30.4 Å². The number of hydrogen-bond donors (Lipinski definition) is 0. The Labute approximate surface area is 135 Å². The molecule has 0 N–H and O–H groups in total. The van der Waals surface area contributed by atoms with Crippen molar-refractivity contribution in [1.82, 2.24) is 0 Å². The highest BCUT2D eigenvalue weighted by Crippen LogP contribution is 2.42. The number of carbonyl (C=O) groups excluding carboxylic acids is 2. The van der Waals surface area contributed by atoms with Crippen molar-refractivity contribution in [3.8, 4) is 5.75 Å². The molecule has 1 aromatic rings. The molecule has 0 spiro atoms. The first kappa shape index (κ1) is 15.9. The Morgan fingerprint density at radius 1 is 1.00 bits per heavy atom. The van der Waals surface area contributed by atoms with Crippen LogP contribution in [-0.2, 0) is 9.47 Å². The molecule has 122 valence electrons. The molecule has 2 aliphatic carbocycles. The number of Topliss-reactive ketones (excluding diaryl/α,β-unsaturated/α-hetero) is 2. The minimum absolute atomic E-state index is 0.0895.